The Morgan fingerprint density at radius 1 is 0.945 bits per heavy atom. The van der Waals surface area contributed by atoms with Gasteiger partial charge in [-0.3, -0.25) is 19.1 Å². The highest BCUT2D eigenvalue weighted by Gasteiger charge is 2.32. The number of amides is 2. The number of carbonyl (C=O) groups excluding carboxylic acids is 2. The lowest BCUT2D eigenvalue weighted by molar-refractivity contribution is -0.121. The number of nitrogens with zero attached hydrogens (tertiary/aromatic N) is 5. The van der Waals surface area contributed by atoms with Gasteiger partial charge in [0.15, 0.2) is 5.82 Å². The summed E-state index contributed by atoms with van der Waals surface area (Å²) in [5.74, 6) is 2.00. The van der Waals surface area contributed by atoms with E-state index in [1.54, 1.807) is 17.5 Å². The lowest BCUT2D eigenvalue weighted by atomic mass is 9.99. The van der Waals surface area contributed by atoms with Gasteiger partial charge in [0.1, 0.15) is 22.7 Å². The SMILES string of the molecule is Cc1sc2c(c1C)C(c1ccc(Cl)cc1)=NC(CC(=O)NCCOCCOCCOCCNc1ncccc1-c1ccc3c(c1)CC(=O)N3)c1nnc(C)n1-2. The van der Waals surface area contributed by atoms with Crippen LogP contribution in [0.5, 0.6) is 0 Å². The van der Waals surface area contributed by atoms with Crippen molar-refractivity contribution in [2.75, 3.05) is 63.4 Å². The Kier molecular flexibility index (Phi) is 12.3. The predicted molar refractivity (Wildman–Crippen MR) is 214 cm³/mol. The lowest BCUT2D eigenvalue weighted by Crippen LogP contribution is -2.29. The Hall–Kier alpha value is -4.99. The van der Waals surface area contributed by atoms with Crippen LogP contribution in [0.4, 0.5) is 11.5 Å². The fraction of sp³-hybridized carbons (Fsp3) is 0.350. The van der Waals surface area contributed by atoms with Gasteiger partial charge in [-0.2, -0.15) is 0 Å². The van der Waals surface area contributed by atoms with Crippen LogP contribution in [0.3, 0.4) is 0 Å². The molecule has 5 aromatic rings. The molecule has 0 spiro atoms. The summed E-state index contributed by atoms with van der Waals surface area (Å²) >= 11 is 7.89. The average Bonchev–Trinajstić information content (AvgIpc) is 3.81. The van der Waals surface area contributed by atoms with E-state index in [0.29, 0.717) is 70.0 Å². The number of halogens is 1. The molecule has 0 aliphatic carbocycles. The third-order valence-corrected chi connectivity index (χ3v) is 10.9. The second-order valence-corrected chi connectivity index (χ2v) is 14.9. The van der Waals surface area contributed by atoms with Gasteiger partial charge >= 0.3 is 0 Å². The number of hydrogen-bond acceptors (Lipinski definition) is 11. The normalized spacial score (nSPS) is 14.4. The highest BCUT2D eigenvalue weighted by molar-refractivity contribution is 7.15. The van der Waals surface area contributed by atoms with Gasteiger partial charge in [0, 0.05) is 51.6 Å². The van der Waals surface area contributed by atoms with Crippen LogP contribution in [-0.4, -0.2) is 90.0 Å². The Morgan fingerprint density at radius 3 is 2.45 bits per heavy atom. The van der Waals surface area contributed by atoms with Crippen molar-refractivity contribution in [1.82, 2.24) is 25.1 Å². The van der Waals surface area contributed by atoms with Gasteiger partial charge in [-0.05, 0) is 73.9 Å². The van der Waals surface area contributed by atoms with E-state index in [1.807, 2.05) is 66.1 Å². The standard InChI is InChI=1S/C40H43ClN8O5S/c1-24-25(2)55-40-36(24)37(27-6-9-30(41)10-7-27)46-33(39-48-47-26(3)49(39)40)23-34(50)42-13-15-52-17-19-54-20-18-53-16-14-44-38-31(5-4-12-43-38)28-8-11-32-29(21-28)22-35(51)45-32/h4-12,21,33H,13-20,22-23H2,1-3H3,(H,42,50)(H,43,44)(H,45,51). The Morgan fingerprint density at radius 2 is 1.67 bits per heavy atom. The van der Waals surface area contributed by atoms with Crippen LogP contribution in [0.15, 0.2) is 65.8 Å². The zero-order valence-corrected chi connectivity index (χ0v) is 32.6. The molecule has 3 N–H and O–H groups in total. The van der Waals surface area contributed by atoms with E-state index in [-0.39, 0.29) is 18.2 Å². The lowest BCUT2D eigenvalue weighted by Gasteiger charge is -2.13. The number of anilines is 2. The Balaban J connectivity index is 0.802. The molecule has 0 saturated carbocycles. The number of rotatable bonds is 17. The van der Waals surface area contributed by atoms with E-state index in [4.69, 9.17) is 30.8 Å². The predicted octanol–water partition coefficient (Wildman–Crippen LogP) is 6.02. The maximum Gasteiger partial charge on any atom is 0.228 e. The molecule has 0 saturated heterocycles. The molecule has 55 heavy (non-hydrogen) atoms. The van der Waals surface area contributed by atoms with Crippen molar-refractivity contribution >= 4 is 52.0 Å². The van der Waals surface area contributed by atoms with Crippen molar-refractivity contribution in [3.63, 3.8) is 0 Å². The van der Waals surface area contributed by atoms with E-state index in [0.717, 1.165) is 61.4 Å². The average molecular weight is 783 g/mol. The number of fused-ring (bicyclic) bond motifs is 4. The molecular weight excluding hydrogens is 740 g/mol. The van der Waals surface area contributed by atoms with E-state index in [2.05, 4.69) is 45.0 Å². The van der Waals surface area contributed by atoms with E-state index < -0.39 is 6.04 Å². The molecule has 1 unspecified atom stereocenters. The fourth-order valence-corrected chi connectivity index (χ4v) is 7.94. The van der Waals surface area contributed by atoms with Crippen LogP contribution < -0.4 is 16.0 Å². The van der Waals surface area contributed by atoms with Gasteiger partial charge in [0.2, 0.25) is 11.8 Å². The van der Waals surface area contributed by atoms with Crippen molar-refractivity contribution in [2.45, 2.75) is 39.7 Å². The van der Waals surface area contributed by atoms with Crippen LogP contribution in [-0.2, 0) is 30.2 Å². The number of aliphatic imine (C=N–C) groups is 1. The third-order valence-electron chi connectivity index (χ3n) is 9.44. The second kappa shape index (κ2) is 17.6. The fourth-order valence-electron chi connectivity index (χ4n) is 6.60. The Bertz CT molecular complexity index is 2200. The molecule has 2 aliphatic heterocycles. The van der Waals surface area contributed by atoms with Crippen molar-refractivity contribution in [2.24, 2.45) is 4.99 Å². The molecule has 2 amide bonds. The molecule has 1 atom stereocenters. The first-order chi connectivity index (χ1) is 26.8. The minimum Gasteiger partial charge on any atom is -0.377 e. The number of thiophene rings is 1. The quantitative estimate of drug-likeness (QED) is 0.0961. The summed E-state index contributed by atoms with van der Waals surface area (Å²) in [5.41, 5.74) is 7.72. The largest absolute Gasteiger partial charge is 0.377 e. The van der Waals surface area contributed by atoms with Crippen molar-refractivity contribution in [3.8, 4) is 16.1 Å². The van der Waals surface area contributed by atoms with Crippen molar-refractivity contribution < 1.29 is 23.8 Å². The molecule has 13 nitrogen and oxygen atoms in total. The maximum absolute atomic E-state index is 13.2. The van der Waals surface area contributed by atoms with Gasteiger partial charge in [-0.15, -0.1) is 21.5 Å². The summed E-state index contributed by atoms with van der Waals surface area (Å²) < 4.78 is 19.1. The molecule has 2 aromatic carbocycles. The molecule has 0 bridgehead atoms. The number of carbonyl (C=O) groups is 2. The van der Waals surface area contributed by atoms with Crippen LogP contribution in [0, 0.1) is 20.8 Å². The first-order valence-electron chi connectivity index (χ1n) is 18.2. The summed E-state index contributed by atoms with van der Waals surface area (Å²) in [7, 11) is 0. The van der Waals surface area contributed by atoms with E-state index in [1.165, 1.54) is 4.88 Å². The molecule has 2 aliphatic rings. The number of pyridine rings is 1. The minimum atomic E-state index is -0.534. The number of benzene rings is 2. The zero-order chi connectivity index (χ0) is 38.3. The van der Waals surface area contributed by atoms with Crippen LogP contribution in [0.2, 0.25) is 5.02 Å². The first kappa shape index (κ1) is 38.3. The van der Waals surface area contributed by atoms with Crippen LogP contribution in [0.25, 0.3) is 16.1 Å². The van der Waals surface area contributed by atoms with Gasteiger partial charge in [0.05, 0.1) is 58.2 Å². The second-order valence-electron chi connectivity index (χ2n) is 13.2. The molecule has 0 radical (unpaired) electrons. The zero-order valence-electron chi connectivity index (χ0n) is 31.0. The van der Waals surface area contributed by atoms with Gasteiger partial charge in [0.25, 0.3) is 0 Å². The molecule has 286 valence electrons. The van der Waals surface area contributed by atoms with Gasteiger partial charge in [-0.25, -0.2) is 4.98 Å². The minimum absolute atomic E-state index is 0.0140. The molecule has 15 heteroatoms. The third kappa shape index (κ3) is 8.95. The Labute approximate surface area is 328 Å². The van der Waals surface area contributed by atoms with E-state index in [9.17, 15) is 9.59 Å². The molecule has 5 heterocycles. The summed E-state index contributed by atoms with van der Waals surface area (Å²) in [6.45, 7) is 9.58. The maximum atomic E-state index is 13.2. The monoisotopic (exact) mass is 782 g/mol. The highest BCUT2D eigenvalue weighted by Crippen LogP contribution is 2.39. The molecule has 7 rings (SSSR count). The summed E-state index contributed by atoms with van der Waals surface area (Å²) in [5, 5.41) is 19.7. The summed E-state index contributed by atoms with van der Waals surface area (Å²) in [6, 6.07) is 17.0. The first-order valence-corrected chi connectivity index (χ1v) is 19.4. The smallest absolute Gasteiger partial charge is 0.228 e. The van der Waals surface area contributed by atoms with Crippen LogP contribution in [0.1, 0.15) is 51.2 Å². The molecule has 3 aromatic heterocycles. The number of nitrogens with one attached hydrogen (secondary N) is 3. The highest BCUT2D eigenvalue weighted by atomic mass is 35.5. The summed E-state index contributed by atoms with van der Waals surface area (Å²) in [6.07, 6.45) is 2.25. The number of ether oxygens (including phenoxy) is 3. The van der Waals surface area contributed by atoms with Gasteiger partial charge < -0.3 is 30.2 Å². The number of aryl methyl sites for hydroxylation is 2. The van der Waals surface area contributed by atoms with Crippen molar-refractivity contribution in [3.05, 3.63) is 105 Å². The topological polar surface area (TPSA) is 154 Å². The number of hydrogen-bond donors (Lipinski definition) is 3. The summed E-state index contributed by atoms with van der Waals surface area (Å²) in [4.78, 5) is 35.8. The molecular formula is C40H43ClN8O5S. The molecule has 0 fully saturated rings. The van der Waals surface area contributed by atoms with E-state index >= 15 is 0 Å². The van der Waals surface area contributed by atoms with Crippen molar-refractivity contribution in [1.29, 1.82) is 0 Å². The van der Waals surface area contributed by atoms with Crippen LogP contribution >= 0.6 is 22.9 Å². The number of aromatic nitrogens is 4. The van der Waals surface area contributed by atoms with Gasteiger partial charge in [-0.1, -0.05) is 29.8 Å².